The molecule has 0 aromatic carbocycles. The van der Waals surface area contributed by atoms with E-state index in [0.29, 0.717) is 6.61 Å². The maximum Gasteiger partial charge on any atom is 0.303 e. The maximum absolute atomic E-state index is 11.5. The van der Waals surface area contributed by atoms with E-state index in [2.05, 4.69) is 6.92 Å². The SMILES string of the molecule is CCCCCCCCCCCCCCCCCCCCCCCCCCCOCC(COC1OC(CO)C(O)C(O)C1O)OC(C)=O. The minimum absolute atomic E-state index is 0.123. The van der Waals surface area contributed by atoms with Crippen LogP contribution < -0.4 is 0 Å². The number of aliphatic hydroxyl groups is 4. The Bertz CT molecular complexity index is 692. The molecule has 0 spiro atoms. The summed E-state index contributed by atoms with van der Waals surface area (Å²) in [5.74, 6) is -0.485. The van der Waals surface area contributed by atoms with Gasteiger partial charge in [0, 0.05) is 13.5 Å². The van der Waals surface area contributed by atoms with Crippen molar-refractivity contribution >= 4 is 5.97 Å². The van der Waals surface area contributed by atoms with E-state index in [-0.39, 0.29) is 13.2 Å². The van der Waals surface area contributed by atoms with Gasteiger partial charge in [0.15, 0.2) is 6.29 Å². The zero-order chi connectivity index (χ0) is 34.4. The highest BCUT2D eigenvalue weighted by molar-refractivity contribution is 5.66. The lowest BCUT2D eigenvalue weighted by molar-refractivity contribution is -0.305. The third kappa shape index (κ3) is 24.1. The van der Waals surface area contributed by atoms with E-state index in [1.165, 1.54) is 155 Å². The zero-order valence-corrected chi connectivity index (χ0v) is 30.3. The highest BCUT2D eigenvalue weighted by atomic mass is 16.7. The average molecular weight is 675 g/mol. The van der Waals surface area contributed by atoms with Gasteiger partial charge in [-0.2, -0.15) is 0 Å². The van der Waals surface area contributed by atoms with Crippen LogP contribution in [-0.2, 0) is 23.7 Å². The van der Waals surface area contributed by atoms with E-state index >= 15 is 0 Å². The van der Waals surface area contributed by atoms with Gasteiger partial charge in [-0.15, -0.1) is 0 Å². The average Bonchev–Trinajstić information content (AvgIpc) is 3.06. The lowest BCUT2D eigenvalue weighted by Gasteiger charge is -2.39. The van der Waals surface area contributed by atoms with Gasteiger partial charge in [0.05, 0.1) is 19.8 Å². The van der Waals surface area contributed by atoms with Crippen LogP contribution in [0.25, 0.3) is 0 Å². The number of hydrogen-bond donors (Lipinski definition) is 4. The molecular formula is C38H74O9. The number of carbonyl (C=O) groups is 1. The van der Waals surface area contributed by atoms with Gasteiger partial charge < -0.3 is 39.4 Å². The van der Waals surface area contributed by atoms with Crippen molar-refractivity contribution in [2.75, 3.05) is 26.4 Å². The number of aliphatic hydroxyl groups excluding tert-OH is 4. The monoisotopic (exact) mass is 675 g/mol. The number of carbonyl (C=O) groups excluding carboxylic acids is 1. The fraction of sp³-hybridized carbons (Fsp3) is 0.974. The van der Waals surface area contributed by atoms with Crippen molar-refractivity contribution in [2.24, 2.45) is 0 Å². The van der Waals surface area contributed by atoms with E-state index in [1.54, 1.807) is 0 Å². The van der Waals surface area contributed by atoms with E-state index in [0.717, 1.165) is 12.8 Å². The quantitative estimate of drug-likeness (QED) is 0.0412. The lowest BCUT2D eigenvalue weighted by Crippen LogP contribution is -2.59. The summed E-state index contributed by atoms with van der Waals surface area (Å²) in [6.45, 7) is 3.60. The Balaban J connectivity index is 1.88. The Morgan fingerprint density at radius 3 is 1.38 bits per heavy atom. The minimum atomic E-state index is -1.53. The third-order valence-electron chi connectivity index (χ3n) is 9.32. The van der Waals surface area contributed by atoms with E-state index in [4.69, 9.17) is 18.9 Å². The second-order valence-corrected chi connectivity index (χ2v) is 13.8. The summed E-state index contributed by atoms with van der Waals surface area (Å²) in [6, 6.07) is 0. The first-order chi connectivity index (χ1) is 22.9. The van der Waals surface area contributed by atoms with Crippen molar-refractivity contribution in [2.45, 2.75) is 211 Å². The molecule has 1 saturated heterocycles. The van der Waals surface area contributed by atoms with Crippen molar-refractivity contribution in [1.82, 2.24) is 0 Å². The first kappa shape index (κ1) is 44.2. The van der Waals surface area contributed by atoms with E-state index in [9.17, 15) is 25.2 Å². The Hall–Kier alpha value is -0.810. The topological polar surface area (TPSA) is 135 Å². The number of ether oxygens (including phenoxy) is 4. The molecule has 0 saturated carbocycles. The molecule has 6 unspecified atom stereocenters. The van der Waals surface area contributed by atoms with E-state index in [1.807, 2.05) is 0 Å². The fourth-order valence-electron chi connectivity index (χ4n) is 6.32. The van der Waals surface area contributed by atoms with Crippen LogP contribution >= 0.6 is 0 Å². The second-order valence-electron chi connectivity index (χ2n) is 13.8. The minimum Gasteiger partial charge on any atom is -0.458 e. The van der Waals surface area contributed by atoms with Gasteiger partial charge >= 0.3 is 5.97 Å². The Labute approximate surface area is 287 Å². The molecule has 0 radical (unpaired) electrons. The summed E-state index contributed by atoms with van der Waals surface area (Å²) in [4.78, 5) is 11.5. The molecule has 280 valence electrons. The van der Waals surface area contributed by atoms with Crippen LogP contribution in [0.2, 0.25) is 0 Å². The van der Waals surface area contributed by atoms with Gasteiger partial charge in [-0.05, 0) is 6.42 Å². The molecule has 6 atom stereocenters. The second kappa shape index (κ2) is 31.2. The van der Waals surface area contributed by atoms with E-state index < -0.39 is 49.4 Å². The van der Waals surface area contributed by atoms with Gasteiger partial charge in [0.2, 0.25) is 0 Å². The molecule has 1 heterocycles. The summed E-state index contributed by atoms with van der Waals surface area (Å²) in [6.07, 6.45) is 26.5. The van der Waals surface area contributed by atoms with Crippen molar-refractivity contribution in [3.63, 3.8) is 0 Å². The van der Waals surface area contributed by atoms with Crippen LogP contribution in [0, 0.1) is 0 Å². The van der Waals surface area contributed by atoms with Crippen LogP contribution in [0.1, 0.15) is 174 Å². The van der Waals surface area contributed by atoms with Crippen LogP contribution in [0.15, 0.2) is 0 Å². The van der Waals surface area contributed by atoms with Gasteiger partial charge in [0.25, 0.3) is 0 Å². The third-order valence-corrected chi connectivity index (χ3v) is 9.32. The molecule has 1 aliphatic heterocycles. The molecule has 4 N–H and O–H groups in total. The molecule has 47 heavy (non-hydrogen) atoms. The van der Waals surface area contributed by atoms with Crippen LogP contribution in [0.3, 0.4) is 0 Å². The van der Waals surface area contributed by atoms with Crippen molar-refractivity contribution < 1.29 is 44.2 Å². The smallest absolute Gasteiger partial charge is 0.303 e. The molecule has 1 aliphatic rings. The summed E-state index contributed by atoms with van der Waals surface area (Å²) in [5.41, 5.74) is 0. The lowest BCUT2D eigenvalue weighted by atomic mass is 9.99. The summed E-state index contributed by atoms with van der Waals surface area (Å²) >= 11 is 0. The summed E-state index contributed by atoms with van der Waals surface area (Å²) < 4.78 is 21.8. The first-order valence-electron chi connectivity index (χ1n) is 19.6. The Morgan fingerprint density at radius 1 is 0.596 bits per heavy atom. The van der Waals surface area contributed by atoms with Gasteiger partial charge in [-0.25, -0.2) is 0 Å². The predicted octanol–water partition coefficient (Wildman–Crippen LogP) is 7.52. The van der Waals surface area contributed by atoms with Gasteiger partial charge in [-0.3, -0.25) is 4.79 Å². The van der Waals surface area contributed by atoms with Crippen LogP contribution in [0.4, 0.5) is 0 Å². The molecule has 0 bridgehead atoms. The molecule has 0 aromatic rings. The number of unbranched alkanes of at least 4 members (excludes halogenated alkanes) is 24. The molecule has 9 nitrogen and oxygen atoms in total. The summed E-state index contributed by atoms with van der Waals surface area (Å²) in [5, 5.41) is 39.2. The largest absolute Gasteiger partial charge is 0.458 e. The molecule has 1 rings (SSSR count). The number of hydrogen-bond acceptors (Lipinski definition) is 9. The first-order valence-corrected chi connectivity index (χ1v) is 19.6. The van der Waals surface area contributed by atoms with Crippen LogP contribution in [0.5, 0.6) is 0 Å². The molecule has 0 amide bonds. The molecule has 1 fully saturated rings. The van der Waals surface area contributed by atoms with Crippen molar-refractivity contribution in [1.29, 1.82) is 0 Å². The van der Waals surface area contributed by atoms with Gasteiger partial charge in [-0.1, -0.05) is 161 Å². The Kier molecular flexibility index (Phi) is 29.3. The standard InChI is InChI=1S/C38H74O9/c1-3-4-5-6-7-8-9-10-11-12-13-14-15-16-17-18-19-20-21-22-23-24-25-26-27-28-44-30-33(46-32(2)40)31-45-38-37(43)36(42)35(41)34(29-39)47-38/h33-39,41-43H,3-31H2,1-2H3. The summed E-state index contributed by atoms with van der Waals surface area (Å²) in [7, 11) is 0. The molecule has 0 aromatic heterocycles. The molecule has 9 heteroatoms. The Morgan fingerprint density at radius 2 is 1.00 bits per heavy atom. The maximum atomic E-state index is 11.5. The number of esters is 1. The normalized spacial score (nSPS) is 22.0. The highest BCUT2D eigenvalue weighted by Crippen LogP contribution is 2.22. The van der Waals surface area contributed by atoms with Crippen LogP contribution in [-0.4, -0.2) is 89.6 Å². The van der Waals surface area contributed by atoms with Gasteiger partial charge in [0.1, 0.15) is 30.5 Å². The zero-order valence-electron chi connectivity index (χ0n) is 30.3. The predicted molar refractivity (Wildman–Crippen MR) is 187 cm³/mol. The van der Waals surface area contributed by atoms with Crippen molar-refractivity contribution in [3.8, 4) is 0 Å². The number of rotatable bonds is 33. The fourth-order valence-corrected chi connectivity index (χ4v) is 6.32. The van der Waals surface area contributed by atoms with Crippen molar-refractivity contribution in [3.05, 3.63) is 0 Å². The molecule has 0 aliphatic carbocycles. The highest BCUT2D eigenvalue weighted by Gasteiger charge is 2.44. The molecular weight excluding hydrogens is 600 g/mol.